The molecule has 0 bridgehead atoms. The number of carbonyl (C=O) groups is 1. The first-order chi connectivity index (χ1) is 10.0. The average molecular weight is 393 g/mol. The predicted molar refractivity (Wildman–Crippen MR) is 95.6 cm³/mol. The van der Waals surface area contributed by atoms with Gasteiger partial charge in [0, 0.05) is 3.57 Å². The lowest BCUT2D eigenvalue weighted by atomic mass is 10.0. The van der Waals surface area contributed by atoms with Crippen molar-refractivity contribution in [2.75, 3.05) is 0 Å². The third kappa shape index (κ3) is 4.06. The van der Waals surface area contributed by atoms with Gasteiger partial charge in [0.1, 0.15) is 0 Å². The van der Waals surface area contributed by atoms with Crippen LogP contribution in [0.25, 0.3) is 0 Å². The van der Waals surface area contributed by atoms with E-state index in [0.717, 1.165) is 21.1 Å². The fourth-order valence-electron chi connectivity index (χ4n) is 2.20. The van der Waals surface area contributed by atoms with E-state index in [2.05, 4.69) is 59.1 Å². The summed E-state index contributed by atoms with van der Waals surface area (Å²) in [7, 11) is 0. The third-order valence-electron chi connectivity index (χ3n) is 3.60. The van der Waals surface area contributed by atoms with Crippen LogP contribution in [0.5, 0.6) is 0 Å². The maximum atomic E-state index is 12.4. The number of rotatable bonds is 4. The van der Waals surface area contributed by atoms with Crippen molar-refractivity contribution in [3.05, 3.63) is 68.3 Å². The molecule has 0 fully saturated rings. The summed E-state index contributed by atoms with van der Waals surface area (Å²) in [5, 5.41) is 3.07. The lowest BCUT2D eigenvalue weighted by Gasteiger charge is -2.15. The zero-order valence-corrected chi connectivity index (χ0v) is 14.8. The van der Waals surface area contributed by atoms with E-state index in [4.69, 9.17) is 0 Å². The maximum absolute atomic E-state index is 12.4. The molecule has 0 saturated heterocycles. The number of aryl methyl sites for hydroxylation is 2. The lowest BCUT2D eigenvalue weighted by molar-refractivity contribution is 0.0939. The molecule has 0 aliphatic carbocycles. The number of nitrogens with one attached hydrogen (secondary N) is 1. The Balaban J connectivity index is 2.10. The van der Waals surface area contributed by atoms with Crippen LogP contribution in [0.4, 0.5) is 0 Å². The molecule has 1 atom stereocenters. The second kappa shape index (κ2) is 7.07. The Kier molecular flexibility index (Phi) is 5.39. The summed E-state index contributed by atoms with van der Waals surface area (Å²) < 4.78 is 0.985. The molecule has 0 saturated carbocycles. The van der Waals surface area contributed by atoms with Crippen LogP contribution in [0.2, 0.25) is 0 Å². The van der Waals surface area contributed by atoms with Crippen molar-refractivity contribution >= 4 is 28.5 Å². The van der Waals surface area contributed by atoms with Crippen LogP contribution in [0, 0.1) is 10.5 Å². The highest BCUT2D eigenvalue weighted by Gasteiger charge is 2.13. The van der Waals surface area contributed by atoms with E-state index in [0.29, 0.717) is 0 Å². The van der Waals surface area contributed by atoms with Crippen molar-refractivity contribution in [2.24, 2.45) is 0 Å². The minimum atomic E-state index is -0.0218. The van der Waals surface area contributed by atoms with Crippen molar-refractivity contribution in [1.82, 2.24) is 5.32 Å². The van der Waals surface area contributed by atoms with Crippen molar-refractivity contribution in [2.45, 2.75) is 33.2 Å². The van der Waals surface area contributed by atoms with Crippen molar-refractivity contribution in [1.29, 1.82) is 0 Å². The monoisotopic (exact) mass is 393 g/mol. The van der Waals surface area contributed by atoms with Crippen LogP contribution >= 0.6 is 22.6 Å². The summed E-state index contributed by atoms with van der Waals surface area (Å²) in [4.78, 5) is 12.4. The molecule has 0 spiro atoms. The fourth-order valence-corrected chi connectivity index (χ4v) is 3.12. The SMILES string of the molecule is CCc1ccc([C@@H](C)NC(=O)c2ccc(C)cc2I)cc1. The topological polar surface area (TPSA) is 29.1 Å². The molecule has 2 aromatic carbocycles. The van der Waals surface area contributed by atoms with E-state index in [1.54, 1.807) is 0 Å². The van der Waals surface area contributed by atoms with Crippen LogP contribution in [0.15, 0.2) is 42.5 Å². The summed E-state index contributed by atoms with van der Waals surface area (Å²) in [5.41, 5.74) is 4.34. The van der Waals surface area contributed by atoms with E-state index < -0.39 is 0 Å². The van der Waals surface area contributed by atoms with Gasteiger partial charge >= 0.3 is 0 Å². The van der Waals surface area contributed by atoms with Crippen molar-refractivity contribution < 1.29 is 4.79 Å². The Labute approximate surface area is 140 Å². The summed E-state index contributed by atoms with van der Waals surface area (Å²) >= 11 is 2.21. The Morgan fingerprint density at radius 2 is 1.86 bits per heavy atom. The van der Waals surface area contributed by atoms with Crippen LogP contribution in [-0.2, 0) is 6.42 Å². The molecule has 2 rings (SSSR count). The summed E-state index contributed by atoms with van der Waals surface area (Å²) in [5.74, 6) is -0.0218. The molecule has 1 amide bonds. The molecule has 21 heavy (non-hydrogen) atoms. The molecular weight excluding hydrogens is 373 g/mol. The van der Waals surface area contributed by atoms with Gasteiger partial charge in [-0.2, -0.15) is 0 Å². The maximum Gasteiger partial charge on any atom is 0.252 e. The van der Waals surface area contributed by atoms with Gasteiger partial charge in [-0.25, -0.2) is 0 Å². The van der Waals surface area contributed by atoms with Crippen LogP contribution < -0.4 is 5.32 Å². The van der Waals surface area contributed by atoms with Crippen LogP contribution in [0.3, 0.4) is 0 Å². The molecule has 1 N–H and O–H groups in total. The molecule has 2 nitrogen and oxygen atoms in total. The molecule has 0 aliphatic rings. The number of benzene rings is 2. The molecule has 2 aromatic rings. The summed E-state index contributed by atoms with van der Waals surface area (Å²) in [6.07, 6.45) is 1.03. The van der Waals surface area contributed by atoms with E-state index in [9.17, 15) is 4.79 Å². The molecule has 0 heterocycles. The van der Waals surface area contributed by atoms with Crippen molar-refractivity contribution in [3.8, 4) is 0 Å². The Hall–Kier alpha value is -1.36. The van der Waals surface area contributed by atoms with E-state index in [1.165, 1.54) is 11.1 Å². The van der Waals surface area contributed by atoms with Gasteiger partial charge in [-0.05, 0) is 66.1 Å². The summed E-state index contributed by atoms with van der Waals surface area (Å²) in [6.45, 7) is 6.18. The Morgan fingerprint density at radius 1 is 1.19 bits per heavy atom. The molecule has 3 heteroatoms. The number of halogens is 1. The highest BCUT2D eigenvalue weighted by atomic mass is 127. The lowest BCUT2D eigenvalue weighted by Crippen LogP contribution is -2.27. The zero-order chi connectivity index (χ0) is 15.4. The minimum absolute atomic E-state index is 0.000471. The van der Waals surface area contributed by atoms with Gasteiger partial charge < -0.3 is 5.32 Å². The van der Waals surface area contributed by atoms with Gasteiger partial charge in [-0.3, -0.25) is 4.79 Å². The van der Waals surface area contributed by atoms with Gasteiger partial charge in [-0.15, -0.1) is 0 Å². The molecule has 0 aromatic heterocycles. The van der Waals surface area contributed by atoms with E-state index in [-0.39, 0.29) is 11.9 Å². The van der Waals surface area contributed by atoms with Gasteiger partial charge in [0.05, 0.1) is 11.6 Å². The highest BCUT2D eigenvalue weighted by molar-refractivity contribution is 14.1. The molecule has 110 valence electrons. The third-order valence-corrected chi connectivity index (χ3v) is 4.50. The first kappa shape index (κ1) is 16.0. The minimum Gasteiger partial charge on any atom is -0.345 e. The number of carbonyl (C=O) groups excluding carboxylic acids is 1. The quantitative estimate of drug-likeness (QED) is 0.753. The van der Waals surface area contributed by atoms with Crippen LogP contribution in [-0.4, -0.2) is 5.91 Å². The average Bonchev–Trinajstić information content (AvgIpc) is 2.47. The predicted octanol–water partition coefficient (Wildman–Crippen LogP) is 4.65. The number of hydrogen-bond acceptors (Lipinski definition) is 1. The molecular formula is C18H20INO. The standard InChI is InChI=1S/C18H20INO/c1-4-14-6-8-15(9-7-14)13(3)20-18(21)16-10-5-12(2)11-17(16)19/h5-11,13H,4H2,1-3H3,(H,20,21)/t13-/m1/s1. The van der Waals surface area contributed by atoms with Crippen molar-refractivity contribution in [3.63, 3.8) is 0 Å². The first-order valence-electron chi connectivity index (χ1n) is 7.17. The van der Waals surface area contributed by atoms with Crippen LogP contribution in [0.1, 0.15) is 46.9 Å². The zero-order valence-electron chi connectivity index (χ0n) is 12.6. The summed E-state index contributed by atoms with van der Waals surface area (Å²) in [6, 6.07) is 14.3. The molecule has 0 aliphatic heterocycles. The fraction of sp³-hybridized carbons (Fsp3) is 0.278. The first-order valence-corrected chi connectivity index (χ1v) is 8.25. The number of amides is 1. The van der Waals surface area contributed by atoms with Gasteiger partial charge in [-0.1, -0.05) is 42.8 Å². The molecule has 0 unspecified atom stereocenters. The highest BCUT2D eigenvalue weighted by Crippen LogP contribution is 2.18. The van der Waals surface area contributed by atoms with Gasteiger partial charge in [0.25, 0.3) is 5.91 Å². The second-order valence-corrected chi connectivity index (χ2v) is 6.44. The van der Waals surface area contributed by atoms with Gasteiger partial charge in [0.2, 0.25) is 0 Å². The molecule has 0 radical (unpaired) electrons. The van der Waals surface area contributed by atoms with E-state index >= 15 is 0 Å². The van der Waals surface area contributed by atoms with E-state index in [1.807, 2.05) is 32.0 Å². The van der Waals surface area contributed by atoms with Gasteiger partial charge in [0.15, 0.2) is 0 Å². The normalized spacial score (nSPS) is 12.0. The second-order valence-electron chi connectivity index (χ2n) is 5.27. The Bertz CT molecular complexity index is 634. The number of hydrogen-bond donors (Lipinski definition) is 1. The smallest absolute Gasteiger partial charge is 0.252 e. The Morgan fingerprint density at radius 3 is 2.43 bits per heavy atom. The largest absolute Gasteiger partial charge is 0.345 e.